The number of rotatable bonds is 7. The van der Waals surface area contributed by atoms with Crippen LogP contribution in [0, 0.1) is 11.2 Å². The van der Waals surface area contributed by atoms with Crippen molar-refractivity contribution in [3.63, 3.8) is 0 Å². The summed E-state index contributed by atoms with van der Waals surface area (Å²) in [6.07, 6.45) is 0.766. The smallest absolute Gasteiger partial charge is 0.310 e. The van der Waals surface area contributed by atoms with Gasteiger partial charge in [-0.2, -0.15) is 0 Å². The molecule has 0 heterocycles. The fourth-order valence-electron chi connectivity index (χ4n) is 2.05. The number of carboxylic acids is 1. The predicted molar refractivity (Wildman–Crippen MR) is 73.5 cm³/mol. The molecule has 0 unspecified atom stereocenters. The Morgan fingerprint density at radius 1 is 1.20 bits per heavy atom. The van der Waals surface area contributed by atoms with Crippen LogP contribution >= 0.6 is 0 Å². The van der Waals surface area contributed by atoms with Gasteiger partial charge in [0, 0.05) is 13.0 Å². The number of carbonyl (C=O) groups is 2. The predicted octanol–water partition coefficient (Wildman–Crippen LogP) is 2.72. The Labute approximate surface area is 118 Å². The maximum absolute atomic E-state index is 12.7. The van der Waals surface area contributed by atoms with Gasteiger partial charge in [-0.25, -0.2) is 4.39 Å². The molecule has 110 valence electrons. The molecule has 2 N–H and O–H groups in total. The van der Waals surface area contributed by atoms with Crippen LogP contribution in [0.15, 0.2) is 24.3 Å². The van der Waals surface area contributed by atoms with Crippen LogP contribution in [0.3, 0.4) is 0 Å². The van der Waals surface area contributed by atoms with E-state index < -0.39 is 11.4 Å². The van der Waals surface area contributed by atoms with E-state index in [2.05, 4.69) is 5.32 Å². The Balaban J connectivity index is 2.58. The first-order valence-electron chi connectivity index (χ1n) is 6.68. The van der Waals surface area contributed by atoms with E-state index in [4.69, 9.17) is 0 Å². The average Bonchev–Trinajstić information content (AvgIpc) is 2.44. The van der Waals surface area contributed by atoms with Crippen molar-refractivity contribution in [1.82, 2.24) is 5.32 Å². The molecule has 1 aromatic carbocycles. The van der Waals surface area contributed by atoms with Crippen LogP contribution in [-0.4, -0.2) is 17.0 Å². The third-order valence-corrected chi connectivity index (χ3v) is 3.71. The number of aliphatic carboxylic acids is 1. The number of hydrogen-bond donors (Lipinski definition) is 2. The van der Waals surface area contributed by atoms with Gasteiger partial charge in [-0.1, -0.05) is 26.0 Å². The highest BCUT2D eigenvalue weighted by Crippen LogP contribution is 2.30. The standard InChI is InChI=1S/C15H20FNO3/c1-3-15(4-2,14(19)20)9-13(18)17-10-11-5-7-12(16)8-6-11/h5-8H,3-4,9-10H2,1-2H3,(H,17,18)(H,19,20). The number of hydrogen-bond acceptors (Lipinski definition) is 2. The molecule has 0 bridgehead atoms. The van der Waals surface area contributed by atoms with Crippen LogP contribution in [0.1, 0.15) is 38.7 Å². The number of carboxylic acid groups (broad SMARTS) is 1. The van der Waals surface area contributed by atoms with E-state index in [9.17, 15) is 19.1 Å². The van der Waals surface area contributed by atoms with E-state index in [0.717, 1.165) is 5.56 Å². The minimum absolute atomic E-state index is 0.0451. The van der Waals surface area contributed by atoms with E-state index in [1.165, 1.54) is 12.1 Å². The van der Waals surface area contributed by atoms with Crippen molar-refractivity contribution in [1.29, 1.82) is 0 Å². The van der Waals surface area contributed by atoms with E-state index in [-0.39, 0.29) is 24.7 Å². The molecule has 4 nitrogen and oxygen atoms in total. The van der Waals surface area contributed by atoms with Crippen molar-refractivity contribution in [2.75, 3.05) is 0 Å². The molecule has 20 heavy (non-hydrogen) atoms. The van der Waals surface area contributed by atoms with Crippen molar-refractivity contribution < 1.29 is 19.1 Å². The van der Waals surface area contributed by atoms with Gasteiger partial charge in [0.05, 0.1) is 5.41 Å². The van der Waals surface area contributed by atoms with E-state index >= 15 is 0 Å². The van der Waals surface area contributed by atoms with Crippen molar-refractivity contribution in [2.24, 2.45) is 5.41 Å². The van der Waals surface area contributed by atoms with Crippen LogP contribution in [0.4, 0.5) is 4.39 Å². The summed E-state index contributed by atoms with van der Waals surface area (Å²) in [5.74, 6) is -1.58. The van der Waals surface area contributed by atoms with Crippen molar-refractivity contribution in [3.05, 3.63) is 35.6 Å². The monoisotopic (exact) mass is 281 g/mol. The maximum atomic E-state index is 12.7. The van der Waals surface area contributed by atoms with Gasteiger partial charge in [-0.3, -0.25) is 9.59 Å². The maximum Gasteiger partial charge on any atom is 0.310 e. The Bertz CT molecular complexity index is 467. The first-order chi connectivity index (χ1) is 9.43. The van der Waals surface area contributed by atoms with Crippen LogP contribution < -0.4 is 5.32 Å². The lowest BCUT2D eigenvalue weighted by atomic mass is 9.79. The largest absolute Gasteiger partial charge is 0.481 e. The summed E-state index contributed by atoms with van der Waals surface area (Å²) in [5, 5.41) is 11.9. The molecule has 1 aromatic rings. The number of nitrogens with one attached hydrogen (secondary N) is 1. The Kier molecular flexibility index (Phi) is 5.67. The summed E-state index contributed by atoms with van der Waals surface area (Å²) >= 11 is 0. The Morgan fingerprint density at radius 3 is 2.20 bits per heavy atom. The van der Waals surface area contributed by atoms with Crippen LogP contribution in [0.25, 0.3) is 0 Å². The molecule has 0 saturated heterocycles. The summed E-state index contributed by atoms with van der Waals surface area (Å²) < 4.78 is 12.7. The lowest BCUT2D eigenvalue weighted by Gasteiger charge is -2.25. The third-order valence-electron chi connectivity index (χ3n) is 3.71. The number of carbonyl (C=O) groups excluding carboxylic acids is 1. The minimum Gasteiger partial charge on any atom is -0.481 e. The van der Waals surface area contributed by atoms with Gasteiger partial charge < -0.3 is 10.4 Å². The van der Waals surface area contributed by atoms with Crippen molar-refractivity contribution in [2.45, 2.75) is 39.7 Å². The number of amides is 1. The second-order valence-corrected chi connectivity index (χ2v) is 4.87. The summed E-state index contributed by atoms with van der Waals surface area (Å²) in [5.41, 5.74) is -0.235. The highest BCUT2D eigenvalue weighted by Gasteiger charge is 2.36. The zero-order chi connectivity index (χ0) is 15.2. The highest BCUT2D eigenvalue weighted by molar-refractivity contribution is 5.84. The quantitative estimate of drug-likeness (QED) is 0.807. The highest BCUT2D eigenvalue weighted by atomic mass is 19.1. The Hall–Kier alpha value is -1.91. The van der Waals surface area contributed by atoms with Gasteiger partial charge in [0.2, 0.25) is 5.91 Å². The van der Waals surface area contributed by atoms with E-state index in [1.54, 1.807) is 26.0 Å². The summed E-state index contributed by atoms with van der Waals surface area (Å²) in [7, 11) is 0. The normalized spacial score (nSPS) is 11.2. The van der Waals surface area contributed by atoms with Gasteiger partial charge in [-0.05, 0) is 30.5 Å². The molecule has 0 radical (unpaired) electrons. The fourth-order valence-corrected chi connectivity index (χ4v) is 2.05. The summed E-state index contributed by atoms with van der Waals surface area (Å²) in [4.78, 5) is 23.2. The second kappa shape index (κ2) is 7.03. The Morgan fingerprint density at radius 2 is 1.75 bits per heavy atom. The first-order valence-corrected chi connectivity index (χ1v) is 6.68. The molecule has 1 amide bonds. The van der Waals surface area contributed by atoms with Gasteiger partial charge >= 0.3 is 5.97 Å². The third kappa shape index (κ3) is 4.05. The molecule has 0 aliphatic carbocycles. The number of halogens is 1. The summed E-state index contributed by atoms with van der Waals surface area (Å²) in [6.45, 7) is 3.80. The molecule has 0 spiro atoms. The van der Waals surface area contributed by atoms with Gasteiger partial charge in [0.1, 0.15) is 5.82 Å². The molecule has 0 aliphatic heterocycles. The fraction of sp³-hybridized carbons (Fsp3) is 0.467. The first kappa shape index (κ1) is 16.1. The van der Waals surface area contributed by atoms with Crippen LogP contribution in [0.5, 0.6) is 0 Å². The molecule has 0 atom stereocenters. The molecule has 5 heteroatoms. The van der Waals surface area contributed by atoms with Gasteiger partial charge in [0.25, 0.3) is 0 Å². The van der Waals surface area contributed by atoms with Crippen molar-refractivity contribution in [3.8, 4) is 0 Å². The van der Waals surface area contributed by atoms with Crippen LogP contribution in [-0.2, 0) is 16.1 Å². The SMILES string of the molecule is CCC(CC)(CC(=O)NCc1ccc(F)cc1)C(=O)O. The molecule has 1 rings (SSSR count). The average molecular weight is 281 g/mol. The topological polar surface area (TPSA) is 66.4 Å². The molecular weight excluding hydrogens is 261 g/mol. The zero-order valence-corrected chi connectivity index (χ0v) is 11.8. The molecule has 0 aromatic heterocycles. The minimum atomic E-state index is -1.01. The van der Waals surface area contributed by atoms with Gasteiger partial charge in [0.15, 0.2) is 0 Å². The number of benzene rings is 1. The zero-order valence-electron chi connectivity index (χ0n) is 11.8. The van der Waals surface area contributed by atoms with Crippen LogP contribution in [0.2, 0.25) is 0 Å². The lowest BCUT2D eigenvalue weighted by molar-refractivity contribution is -0.152. The molecule has 0 saturated carbocycles. The molecular formula is C15H20FNO3. The lowest BCUT2D eigenvalue weighted by Crippen LogP contribution is -2.36. The van der Waals surface area contributed by atoms with Crippen molar-refractivity contribution >= 4 is 11.9 Å². The molecule has 0 aliphatic rings. The van der Waals surface area contributed by atoms with E-state index in [1.807, 2.05) is 0 Å². The van der Waals surface area contributed by atoms with Gasteiger partial charge in [-0.15, -0.1) is 0 Å². The second-order valence-electron chi connectivity index (χ2n) is 4.87. The summed E-state index contributed by atoms with van der Waals surface area (Å²) in [6, 6.07) is 5.81. The molecule has 0 fully saturated rings. The van der Waals surface area contributed by atoms with E-state index in [0.29, 0.717) is 12.8 Å².